The molecule has 2 atom stereocenters. The Balaban J connectivity index is 1.50. The molecule has 1 aromatic heterocycles. The Bertz CT molecular complexity index is 1110. The van der Waals surface area contributed by atoms with Crippen molar-refractivity contribution in [2.45, 2.75) is 44.8 Å². The zero-order valence-electron chi connectivity index (χ0n) is 19.2. The van der Waals surface area contributed by atoms with Gasteiger partial charge < -0.3 is 14.8 Å². The molecule has 4 aromatic rings. The molecule has 1 fully saturated rings. The van der Waals surface area contributed by atoms with Crippen molar-refractivity contribution in [3.8, 4) is 0 Å². The highest BCUT2D eigenvalue weighted by Gasteiger charge is 2.28. The highest BCUT2D eigenvalue weighted by atomic mass is 15.1. The third kappa shape index (κ3) is 4.31. The summed E-state index contributed by atoms with van der Waals surface area (Å²) in [5.41, 5.74) is 6.62. The van der Waals surface area contributed by atoms with Crippen LogP contribution in [0.25, 0.3) is 10.9 Å². The molecule has 0 aliphatic carbocycles. The zero-order valence-corrected chi connectivity index (χ0v) is 19.2. The molecule has 3 nitrogen and oxygen atoms in total. The summed E-state index contributed by atoms with van der Waals surface area (Å²) in [6, 6.07) is 29.1. The van der Waals surface area contributed by atoms with Gasteiger partial charge in [0, 0.05) is 41.9 Å². The summed E-state index contributed by atoms with van der Waals surface area (Å²) in [5, 5.41) is 1.36. The molecule has 164 valence electrons. The molecule has 32 heavy (non-hydrogen) atoms. The minimum atomic E-state index is 0.517. The van der Waals surface area contributed by atoms with Gasteiger partial charge in [0.15, 0.2) is 0 Å². The first-order valence-electron chi connectivity index (χ1n) is 11.8. The van der Waals surface area contributed by atoms with Gasteiger partial charge in [0.1, 0.15) is 0 Å². The molecule has 0 bridgehead atoms. The van der Waals surface area contributed by atoms with Crippen LogP contribution in [0.3, 0.4) is 0 Å². The lowest BCUT2D eigenvalue weighted by molar-refractivity contribution is 0.279. The summed E-state index contributed by atoms with van der Waals surface area (Å²) in [5.74, 6) is 0.517. The van der Waals surface area contributed by atoms with E-state index in [1.165, 1.54) is 52.7 Å². The van der Waals surface area contributed by atoms with Gasteiger partial charge in [-0.2, -0.15) is 0 Å². The number of anilines is 1. The predicted octanol–water partition coefficient (Wildman–Crippen LogP) is 6.57. The van der Waals surface area contributed by atoms with Gasteiger partial charge in [-0.05, 0) is 67.2 Å². The zero-order chi connectivity index (χ0) is 21.9. The lowest BCUT2D eigenvalue weighted by Gasteiger charge is -2.27. The van der Waals surface area contributed by atoms with Crippen LogP contribution in [0.15, 0.2) is 85.1 Å². The lowest BCUT2D eigenvalue weighted by Crippen LogP contribution is -2.29. The minimum absolute atomic E-state index is 0.517. The topological polar surface area (TPSA) is 22.3 Å². The molecule has 2 unspecified atom stereocenters. The normalized spacial score (nSPS) is 17.6. The number of likely N-dealkylation sites (tertiary alicyclic amines) is 1. The van der Waals surface area contributed by atoms with Crippen LogP contribution >= 0.6 is 0 Å². The third-order valence-corrected chi connectivity index (χ3v) is 7.14. The number of fused-ring (bicyclic) bond motifs is 1. The van der Waals surface area contributed by atoms with Gasteiger partial charge in [-0.3, -0.25) is 0 Å². The third-order valence-electron chi connectivity index (χ3n) is 7.14. The average molecular weight is 424 g/mol. The Hall–Kier alpha value is -3.04. The van der Waals surface area contributed by atoms with E-state index in [1.54, 1.807) is 0 Å². The van der Waals surface area contributed by atoms with E-state index in [-0.39, 0.29) is 0 Å². The Morgan fingerprint density at radius 2 is 1.59 bits per heavy atom. The van der Waals surface area contributed by atoms with E-state index < -0.39 is 0 Å². The Morgan fingerprint density at radius 3 is 2.19 bits per heavy atom. The van der Waals surface area contributed by atoms with Gasteiger partial charge in [0.2, 0.25) is 0 Å². The summed E-state index contributed by atoms with van der Waals surface area (Å²) in [7, 11) is 2.27. The smallest absolute Gasteiger partial charge is 0.0458 e. The molecule has 2 heterocycles. The Morgan fingerprint density at radius 1 is 0.938 bits per heavy atom. The number of hydrogen-bond donors (Lipinski definition) is 1. The number of aromatic nitrogens is 1. The number of aromatic amines is 1. The first-order chi connectivity index (χ1) is 15.7. The SMILES string of the molecule is CC(c1c[nH]c2ccc(N(Cc3ccccc3)Cc3ccccc3)cc12)C1CCCN1C. The number of benzene rings is 3. The fourth-order valence-electron chi connectivity index (χ4n) is 5.32. The van der Waals surface area contributed by atoms with Crippen LogP contribution in [0, 0.1) is 0 Å². The molecule has 0 spiro atoms. The number of nitrogens with one attached hydrogen (secondary N) is 1. The van der Waals surface area contributed by atoms with E-state index in [4.69, 9.17) is 0 Å². The van der Waals surface area contributed by atoms with Crippen molar-refractivity contribution in [1.82, 2.24) is 9.88 Å². The van der Waals surface area contributed by atoms with Crippen molar-refractivity contribution >= 4 is 16.6 Å². The van der Waals surface area contributed by atoms with Crippen LogP contribution in [0.1, 0.15) is 42.4 Å². The summed E-state index contributed by atoms with van der Waals surface area (Å²) in [6.45, 7) is 5.39. The molecule has 3 aromatic carbocycles. The van der Waals surface area contributed by atoms with E-state index >= 15 is 0 Å². The van der Waals surface area contributed by atoms with Crippen LogP contribution in [0.2, 0.25) is 0 Å². The highest BCUT2D eigenvalue weighted by Crippen LogP contribution is 2.35. The minimum Gasteiger partial charge on any atom is -0.363 e. The molecule has 1 saturated heterocycles. The first kappa shape index (κ1) is 20.8. The molecule has 5 rings (SSSR count). The molecule has 0 saturated carbocycles. The summed E-state index contributed by atoms with van der Waals surface area (Å²) in [4.78, 5) is 8.56. The van der Waals surface area contributed by atoms with Crippen molar-refractivity contribution in [2.75, 3.05) is 18.5 Å². The van der Waals surface area contributed by atoms with E-state index in [0.717, 1.165) is 13.1 Å². The summed E-state index contributed by atoms with van der Waals surface area (Å²) < 4.78 is 0. The van der Waals surface area contributed by atoms with Crippen molar-refractivity contribution in [1.29, 1.82) is 0 Å². The van der Waals surface area contributed by atoms with Gasteiger partial charge in [-0.15, -0.1) is 0 Å². The van der Waals surface area contributed by atoms with Crippen LogP contribution in [-0.2, 0) is 13.1 Å². The van der Waals surface area contributed by atoms with Crippen LogP contribution in [0.5, 0.6) is 0 Å². The molecule has 0 radical (unpaired) electrons. The lowest BCUT2D eigenvalue weighted by atomic mass is 9.91. The van der Waals surface area contributed by atoms with E-state index in [9.17, 15) is 0 Å². The van der Waals surface area contributed by atoms with Crippen molar-refractivity contribution < 1.29 is 0 Å². The Kier molecular flexibility index (Phi) is 6.00. The standard InChI is InChI=1S/C29H33N3/c1-22(29-14-9-17-31(29)2)27-19-30-28-16-15-25(18-26(27)28)32(20-23-10-5-3-6-11-23)21-24-12-7-4-8-13-24/h3-8,10-13,15-16,18-19,22,29-30H,9,14,17,20-21H2,1-2H3. The second-order valence-corrected chi connectivity index (χ2v) is 9.28. The van der Waals surface area contributed by atoms with Crippen LogP contribution < -0.4 is 4.90 Å². The van der Waals surface area contributed by atoms with Gasteiger partial charge in [-0.1, -0.05) is 67.6 Å². The predicted molar refractivity (Wildman–Crippen MR) is 135 cm³/mol. The molecule has 0 amide bonds. The molecule has 1 aliphatic heterocycles. The molecule has 1 aliphatic rings. The fourth-order valence-corrected chi connectivity index (χ4v) is 5.32. The van der Waals surface area contributed by atoms with Crippen molar-refractivity contribution in [2.24, 2.45) is 0 Å². The second kappa shape index (κ2) is 9.22. The number of hydrogen-bond acceptors (Lipinski definition) is 2. The number of rotatable bonds is 7. The van der Waals surface area contributed by atoms with Crippen molar-refractivity contribution in [3.05, 3.63) is 102 Å². The summed E-state index contributed by atoms with van der Waals surface area (Å²) in [6.07, 6.45) is 4.84. The van der Waals surface area contributed by atoms with Gasteiger partial charge in [0.25, 0.3) is 0 Å². The maximum Gasteiger partial charge on any atom is 0.0458 e. The van der Waals surface area contributed by atoms with Gasteiger partial charge in [0.05, 0.1) is 0 Å². The second-order valence-electron chi connectivity index (χ2n) is 9.28. The van der Waals surface area contributed by atoms with Gasteiger partial charge in [-0.25, -0.2) is 0 Å². The van der Waals surface area contributed by atoms with Crippen LogP contribution in [-0.4, -0.2) is 29.5 Å². The number of likely N-dealkylation sites (N-methyl/N-ethyl adjacent to an activating group) is 1. The van der Waals surface area contributed by atoms with E-state index in [0.29, 0.717) is 12.0 Å². The highest BCUT2D eigenvalue weighted by molar-refractivity contribution is 5.87. The largest absolute Gasteiger partial charge is 0.363 e. The fraction of sp³-hybridized carbons (Fsp3) is 0.310. The molecular weight excluding hydrogens is 390 g/mol. The molecule has 3 heteroatoms. The first-order valence-corrected chi connectivity index (χ1v) is 11.8. The average Bonchev–Trinajstić information content (AvgIpc) is 3.45. The number of nitrogens with zero attached hydrogens (tertiary/aromatic N) is 2. The van der Waals surface area contributed by atoms with Gasteiger partial charge >= 0.3 is 0 Å². The monoisotopic (exact) mass is 423 g/mol. The Labute approximate surface area is 191 Å². The maximum atomic E-state index is 3.54. The van der Waals surface area contributed by atoms with E-state index in [1.807, 2.05) is 0 Å². The summed E-state index contributed by atoms with van der Waals surface area (Å²) >= 11 is 0. The van der Waals surface area contributed by atoms with Crippen LogP contribution in [0.4, 0.5) is 5.69 Å². The number of H-pyrrole nitrogens is 1. The maximum absolute atomic E-state index is 3.54. The quantitative estimate of drug-likeness (QED) is 0.363. The van der Waals surface area contributed by atoms with Crippen molar-refractivity contribution in [3.63, 3.8) is 0 Å². The molecule has 1 N–H and O–H groups in total. The molecular formula is C29H33N3. The van der Waals surface area contributed by atoms with E-state index in [2.05, 4.69) is 114 Å².